The van der Waals surface area contributed by atoms with Crippen LogP contribution in [0.1, 0.15) is 139 Å². The second-order valence-electron chi connectivity index (χ2n) is 15.6. The summed E-state index contributed by atoms with van der Waals surface area (Å²) >= 11 is 0. The first kappa shape index (κ1) is 23.7. The van der Waals surface area contributed by atoms with Gasteiger partial charge in [0.2, 0.25) is 0 Å². The van der Waals surface area contributed by atoms with Gasteiger partial charge in [-0.25, -0.2) is 0 Å². The van der Waals surface area contributed by atoms with Crippen molar-refractivity contribution in [3.05, 3.63) is 0 Å². The molecule has 0 aromatic rings. The zero-order chi connectivity index (χ0) is 23.2. The molecule has 3 unspecified atom stereocenters. The normalized spacial score (nSPS) is 55.3. The van der Waals surface area contributed by atoms with Crippen molar-refractivity contribution >= 4 is 0 Å². The maximum atomic E-state index is 2.83. The third kappa shape index (κ3) is 2.92. The Balaban J connectivity index is 1.48. The van der Waals surface area contributed by atoms with Gasteiger partial charge >= 0.3 is 0 Å². The zero-order valence-corrected chi connectivity index (χ0v) is 23.2. The fraction of sp³-hybridized carbons (Fsp3) is 1.00. The van der Waals surface area contributed by atoms with Gasteiger partial charge in [0.25, 0.3) is 0 Å². The van der Waals surface area contributed by atoms with E-state index in [4.69, 9.17) is 0 Å². The molecular weight excluding hydrogens is 384 g/mol. The Morgan fingerprint density at radius 3 is 1.94 bits per heavy atom. The van der Waals surface area contributed by atoms with Crippen LogP contribution >= 0.6 is 0 Å². The van der Waals surface area contributed by atoms with Crippen molar-refractivity contribution in [2.75, 3.05) is 0 Å². The van der Waals surface area contributed by atoms with Crippen LogP contribution in [0.4, 0.5) is 0 Å². The molecule has 0 aromatic heterocycles. The summed E-state index contributed by atoms with van der Waals surface area (Å²) in [7, 11) is 0. The van der Waals surface area contributed by atoms with Crippen molar-refractivity contribution in [2.45, 2.75) is 139 Å². The maximum Gasteiger partial charge on any atom is -0.0235 e. The predicted octanol–water partition coefficient (Wildman–Crippen LogP) is 9.91. The molecule has 0 aliphatic heterocycles. The highest BCUT2D eigenvalue weighted by Gasteiger charge is 2.70. The minimum absolute atomic E-state index is 0.559. The Morgan fingerprint density at radius 2 is 1.28 bits per heavy atom. The highest BCUT2D eigenvalue weighted by molar-refractivity contribution is 5.19. The molecule has 5 saturated carbocycles. The Labute approximate surface area is 201 Å². The highest BCUT2D eigenvalue weighted by Crippen LogP contribution is 2.78. The first-order valence-corrected chi connectivity index (χ1v) is 14.9. The van der Waals surface area contributed by atoms with E-state index in [0.717, 1.165) is 35.5 Å². The Kier molecular flexibility index (Phi) is 5.56. The number of rotatable bonds is 3. The van der Waals surface area contributed by atoms with Crippen LogP contribution in [0.2, 0.25) is 0 Å². The van der Waals surface area contributed by atoms with E-state index in [-0.39, 0.29) is 0 Å². The average molecular weight is 441 g/mol. The van der Waals surface area contributed by atoms with E-state index in [0.29, 0.717) is 27.1 Å². The topological polar surface area (TPSA) is 0 Å². The van der Waals surface area contributed by atoms with Crippen LogP contribution in [-0.4, -0.2) is 0 Å². The van der Waals surface area contributed by atoms with Crippen LogP contribution in [0.25, 0.3) is 0 Å². The van der Waals surface area contributed by atoms with E-state index < -0.39 is 0 Å². The third-order valence-electron chi connectivity index (χ3n) is 14.2. The van der Waals surface area contributed by atoms with Crippen molar-refractivity contribution in [1.29, 1.82) is 0 Å². The molecular formula is C32H56. The molecule has 0 amide bonds. The maximum absolute atomic E-state index is 2.83. The average Bonchev–Trinajstić information content (AvgIpc) is 3.05. The van der Waals surface area contributed by atoms with E-state index >= 15 is 0 Å². The molecule has 0 nitrogen and oxygen atoms in total. The van der Waals surface area contributed by atoms with Crippen LogP contribution in [-0.2, 0) is 0 Å². The molecule has 0 N–H and O–H groups in total. The lowest BCUT2D eigenvalue weighted by Crippen LogP contribution is -2.65. The summed E-state index contributed by atoms with van der Waals surface area (Å²) in [5.74, 6) is 5.88. The smallest absolute Gasteiger partial charge is 0.0235 e. The molecule has 5 rings (SSSR count). The van der Waals surface area contributed by atoms with Gasteiger partial charge in [0, 0.05) is 0 Å². The van der Waals surface area contributed by atoms with Crippen LogP contribution in [0, 0.1) is 62.6 Å². The van der Waals surface area contributed by atoms with Crippen molar-refractivity contribution in [3.63, 3.8) is 0 Å². The Hall–Kier alpha value is 0. The quantitative estimate of drug-likeness (QED) is 0.409. The summed E-state index contributed by atoms with van der Waals surface area (Å²) in [5, 5.41) is 0. The monoisotopic (exact) mass is 440 g/mol. The lowest BCUT2D eigenvalue weighted by molar-refractivity contribution is -0.241. The van der Waals surface area contributed by atoms with Gasteiger partial charge in [0.15, 0.2) is 0 Å². The van der Waals surface area contributed by atoms with Crippen molar-refractivity contribution in [3.8, 4) is 0 Å². The fourth-order valence-corrected chi connectivity index (χ4v) is 12.7. The number of fused-ring (bicyclic) bond motifs is 7. The number of hydrogen-bond acceptors (Lipinski definition) is 0. The lowest BCUT2D eigenvalue weighted by atomic mass is 9.32. The van der Waals surface area contributed by atoms with Gasteiger partial charge < -0.3 is 0 Å². The van der Waals surface area contributed by atoms with Gasteiger partial charge in [-0.2, -0.15) is 0 Å². The predicted molar refractivity (Wildman–Crippen MR) is 139 cm³/mol. The zero-order valence-electron chi connectivity index (χ0n) is 23.2. The molecule has 0 heterocycles. The van der Waals surface area contributed by atoms with Crippen molar-refractivity contribution in [2.24, 2.45) is 62.6 Å². The molecule has 0 spiro atoms. The summed E-state index contributed by atoms with van der Waals surface area (Å²) in [6, 6.07) is 0. The molecule has 10 atom stereocenters. The molecule has 5 aliphatic rings. The fourth-order valence-electron chi connectivity index (χ4n) is 12.7. The standard InChI is InChI=1S/C32H56/c1-9-11-22(2)23-14-19-29(5)24(23)15-20-31(7)26(29)12-13-27-30(6)18-10-17-28(3,4)25(30)16-21-32(27,31)8/h22-27H,9-21H2,1-8H3/t22-,23-,24-,25?,26?,27?,29+,30+,31-,32-/m1/s1. The van der Waals surface area contributed by atoms with Gasteiger partial charge in [-0.05, 0) is 127 Å². The minimum Gasteiger partial charge on any atom is -0.0654 e. The van der Waals surface area contributed by atoms with Gasteiger partial charge in [-0.1, -0.05) is 74.7 Å². The molecule has 0 radical (unpaired) electrons. The molecule has 0 bridgehead atoms. The van der Waals surface area contributed by atoms with Crippen molar-refractivity contribution in [1.82, 2.24) is 0 Å². The summed E-state index contributed by atoms with van der Waals surface area (Å²) in [6.45, 7) is 21.4. The summed E-state index contributed by atoms with van der Waals surface area (Å²) in [5.41, 5.74) is 2.91. The number of hydrogen-bond donors (Lipinski definition) is 0. The van der Waals surface area contributed by atoms with E-state index in [1.165, 1.54) is 77.0 Å². The highest BCUT2D eigenvalue weighted by atomic mass is 14.7. The van der Waals surface area contributed by atoms with Crippen LogP contribution < -0.4 is 0 Å². The Bertz CT molecular complexity index is 720. The second-order valence-corrected chi connectivity index (χ2v) is 15.6. The Morgan fingerprint density at radius 1 is 0.656 bits per heavy atom. The first-order chi connectivity index (χ1) is 14.9. The van der Waals surface area contributed by atoms with Gasteiger partial charge in [0.1, 0.15) is 0 Å². The lowest BCUT2D eigenvalue weighted by Gasteiger charge is -2.73. The first-order valence-electron chi connectivity index (χ1n) is 14.9. The molecule has 0 heteroatoms. The summed E-state index contributed by atoms with van der Waals surface area (Å²) in [6.07, 6.45) is 19.5. The molecule has 0 saturated heterocycles. The van der Waals surface area contributed by atoms with Crippen molar-refractivity contribution < 1.29 is 0 Å². The molecule has 5 aliphatic carbocycles. The molecule has 184 valence electrons. The van der Waals surface area contributed by atoms with E-state index in [2.05, 4.69) is 55.4 Å². The van der Waals surface area contributed by atoms with Gasteiger partial charge in [-0.3, -0.25) is 0 Å². The van der Waals surface area contributed by atoms with Gasteiger partial charge in [0.05, 0.1) is 0 Å². The van der Waals surface area contributed by atoms with E-state index in [1.54, 1.807) is 6.42 Å². The molecule has 32 heavy (non-hydrogen) atoms. The third-order valence-corrected chi connectivity index (χ3v) is 14.2. The SMILES string of the molecule is CCC[C@@H](C)[C@H]1CC[C@]2(C)C3CCC4[C@@]5(C)CCCC(C)(C)C5CC[C@@]4(C)[C@]3(C)CC[C@H]12. The van der Waals surface area contributed by atoms with Gasteiger partial charge in [-0.15, -0.1) is 0 Å². The van der Waals surface area contributed by atoms with E-state index in [9.17, 15) is 0 Å². The minimum atomic E-state index is 0.559. The summed E-state index contributed by atoms with van der Waals surface area (Å²) in [4.78, 5) is 0. The summed E-state index contributed by atoms with van der Waals surface area (Å²) < 4.78 is 0. The van der Waals surface area contributed by atoms with E-state index in [1.807, 2.05) is 0 Å². The molecule has 5 fully saturated rings. The molecule has 0 aromatic carbocycles. The van der Waals surface area contributed by atoms with Crippen LogP contribution in [0.15, 0.2) is 0 Å². The van der Waals surface area contributed by atoms with Crippen LogP contribution in [0.3, 0.4) is 0 Å². The largest absolute Gasteiger partial charge is 0.0654 e. The second kappa shape index (κ2) is 7.50. The van der Waals surface area contributed by atoms with Crippen LogP contribution in [0.5, 0.6) is 0 Å².